The number of nitro groups is 1. The van der Waals surface area contributed by atoms with Gasteiger partial charge in [0, 0.05) is 29.9 Å². The molecule has 0 spiro atoms. The highest BCUT2D eigenvalue weighted by Crippen LogP contribution is 2.30. The number of rotatable bonds is 7. The minimum Gasteiger partial charge on any atom is -0.484 e. The molecular formula is C21H25N3O6S. The number of hydrogen-bond acceptors (Lipinski definition) is 6. The minimum atomic E-state index is -3.61. The Hall–Kier alpha value is -2.98. The van der Waals surface area contributed by atoms with Gasteiger partial charge in [0.05, 0.1) is 9.82 Å². The Balaban J connectivity index is 1.59. The predicted octanol–water partition coefficient (Wildman–Crippen LogP) is 3.56. The Morgan fingerprint density at radius 2 is 1.68 bits per heavy atom. The number of ether oxygens (including phenoxy) is 1. The molecule has 1 aliphatic rings. The van der Waals surface area contributed by atoms with Gasteiger partial charge in [0.25, 0.3) is 11.6 Å². The maximum absolute atomic E-state index is 13.0. The molecule has 31 heavy (non-hydrogen) atoms. The number of non-ortho nitro benzene ring substituents is 1. The third kappa shape index (κ3) is 5.39. The van der Waals surface area contributed by atoms with Crippen LogP contribution in [0.1, 0.15) is 33.1 Å². The predicted molar refractivity (Wildman–Crippen MR) is 115 cm³/mol. The van der Waals surface area contributed by atoms with Crippen LogP contribution in [0.25, 0.3) is 0 Å². The highest BCUT2D eigenvalue weighted by atomic mass is 32.2. The van der Waals surface area contributed by atoms with E-state index < -0.39 is 20.9 Å². The van der Waals surface area contributed by atoms with Crippen molar-refractivity contribution in [1.82, 2.24) is 4.31 Å². The van der Waals surface area contributed by atoms with Crippen LogP contribution in [0.15, 0.2) is 53.4 Å². The molecule has 166 valence electrons. The number of hydrogen-bond donors (Lipinski definition) is 1. The van der Waals surface area contributed by atoms with E-state index in [0.29, 0.717) is 11.4 Å². The van der Waals surface area contributed by atoms with Crippen LogP contribution < -0.4 is 10.1 Å². The maximum Gasteiger partial charge on any atom is 0.269 e. The first kappa shape index (κ1) is 22.7. The van der Waals surface area contributed by atoms with Crippen LogP contribution in [-0.2, 0) is 14.8 Å². The Bertz CT molecular complexity index is 1030. The number of amides is 1. The number of nitrogens with zero attached hydrogens (tertiary/aromatic N) is 2. The maximum atomic E-state index is 13.0. The van der Waals surface area contributed by atoms with Crippen LogP contribution in [0.5, 0.6) is 5.75 Å². The first-order chi connectivity index (χ1) is 14.7. The van der Waals surface area contributed by atoms with Crippen LogP contribution in [0.4, 0.5) is 11.4 Å². The summed E-state index contributed by atoms with van der Waals surface area (Å²) in [5.41, 5.74) is 0.371. The summed E-state index contributed by atoms with van der Waals surface area (Å²) in [5.74, 6) is -0.112. The third-order valence-electron chi connectivity index (χ3n) is 5.24. The fraction of sp³-hybridized carbons (Fsp3) is 0.381. The van der Waals surface area contributed by atoms with E-state index in [4.69, 9.17) is 4.74 Å². The first-order valence-corrected chi connectivity index (χ1v) is 11.4. The van der Waals surface area contributed by atoms with Crippen molar-refractivity contribution in [2.75, 3.05) is 11.9 Å². The molecule has 2 atom stereocenters. The molecule has 0 radical (unpaired) electrons. The van der Waals surface area contributed by atoms with Crippen molar-refractivity contribution in [2.24, 2.45) is 0 Å². The molecule has 1 saturated heterocycles. The van der Waals surface area contributed by atoms with Crippen molar-refractivity contribution in [3.05, 3.63) is 58.6 Å². The van der Waals surface area contributed by atoms with Gasteiger partial charge in [0.1, 0.15) is 5.75 Å². The van der Waals surface area contributed by atoms with Gasteiger partial charge in [-0.05, 0) is 63.1 Å². The summed E-state index contributed by atoms with van der Waals surface area (Å²) in [6.45, 7) is 3.56. The lowest BCUT2D eigenvalue weighted by atomic mass is 10.0. The lowest BCUT2D eigenvalue weighted by Gasteiger charge is -2.37. The lowest BCUT2D eigenvalue weighted by Crippen LogP contribution is -2.47. The zero-order valence-electron chi connectivity index (χ0n) is 17.4. The van der Waals surface area contributed by atoms with E-state index in [-0.39, 0.29) is 29.3 Å². The largest absolute Gasteiger partial charge is 0.484 e. The molecule has 10 heteroatoms. The van der Waals surface area contributed by atoms with Gasteiger partial charge in [-0.3, -0.25) is 14.9 Å². The standard InChI is InChI=1S/C21H25N3O6S/c1-15-4-3-5-16(2)23(15)31(28,29)20-12-6-17(7-13-20)22-21(25)14-30-19-10-8-18(9-11-19)24(26)27/h6-13,15-16H,3-5,14H2,1-2H3,(H,22,25). The van der Waals surface area contributed by atoms with E-state index in [9.17, 15) is 23.3 Å². The average Bonchev–Trinajstić information content (AvgIpc) is 2.72. The molecule has 1 N–H and O–H groups in total. The second-order valence-corrected chi connectivity index (χ2v) is 9.42. The molecule has 3 rings (SSSR count). The fourth-order valence-corrected chi connectivity index (χ4v) is 5.60. The normalized spacial score (nSPS) is 19.5. The van der Waals surface area contributed by atoms with E-state index in [1.165, 1.54) is 48.5 Å². The number of carbonyl (C=O) groups is 1. The molecule has 2 aromatic carbocycles. The molecule has 1 aliphatic heterocycles. The minimum absolute atomic E-state index is 0.0512. The number of benzene rings is 2. The second-order valence-electron chi connectivity index (χ2n) is 7.58. The molecule has 2 unspecified atom stereocenters. The molecular weight excluding hydrogens is 422 g/mol. The molecule has 9 nitrogen and oxygen atoms in total. The number of sulfonamides is 1. The Morgan fingerprint density at radius 1 is 1.10 bits per heavy atom. The molecule has 1 fully saturated rings. The van der Waals surface area contributed by atoms with E-state index in [2.05, 4.69) is 5.32 Å². The zero-order chi connectivity index (χ0) is 22.6. The number of carbonyl (C=O) groups excluding carboxylic acids is 1. The summed E-state index contributed by atoms with van der Waals surface area (Å²) >= 11 is 0. The summed E-state index contributed by atoms with van der Waals surface area (Å²) in [6.07, 6.45) is 2.69. The van der Waals surface area contributed by atoms with Crippen molar-refractivity contribution >= 4 is 27.3 Å². The van der Waals surface area contributed by atoms with Gasteiger partial charge in [0.15, 0.2) is 6.61 Å². The molecule has 1 amide bonds. The summed E-state index contributed by atoms with van der Waals surface area (Å²) in [6, 6.07) is 11.3. The number of nitrogens with one attached hydrogen (secondary N) is 1. The monoisotopic (exact) mass is 447 g/mol. The van der Waals surface area contributed by atoms with E-state index >= 15 is 0 Å². The summed E-state index contributed by atoms with van der Waals surface area (Å²) in [4.78, 5) is 22.4. The Morgan fingerprint density at radius 3 is 2.23 bits per heavy atom. The third-order valence-corrected chi connectivity index (χ3v) is 7.39. The molecule has 0 bridgehead atoms. The summed E-state index contributed by atoms with van der Waals surface area (Å²) in [7, 11) is -3.61. The van der Waals surface area contributed by atoms with Crippen molar-refractivity contribution in [1.29, 1.82) is 0 Å². The Kier molecular flexibility index (Phi) is 6.91. The smallest absolute Gasteiger partial charge is 0.269 e. The number of anilines is 1. The van der Waals surface area contributed by atoms with Gasteiger partial charge in [-0.2, -0.15) is 4.31 Å². The SMILES string of the molecule is CC1CCCC(C)N1S(=O)(=O)c1ccc(NC(=O)COc2ccc([N+](=O)[O-])cc2)cc1. The molecule has 2 aromatic rings. The lowest BCUT2D eigenvalue weighted by molar-refractivity contribution is -0.384. The first-order valence-electron chi connectivity index (χ1n) is 9.99. The zero-order valence-corrected chi connectivity index (χ0v) is 18.2. The van der Waals surface area contributed by atoms with Crippen molar-refractivity contribution in [3.8, 4) is 5.75 Å². The van der Waals surface area contributed by atoms with Gasteiger partial charge in [-0.15, -0.1) is 0 Å². The van der Waals surface area contributed by atoms with E-state index in [1.807, 2.05) is 13.8 Å². The Labute approximate surface area is 181 Å². The van der Waals surface area contributed by atoms with Gasteiger partial charge in [-0.25, -0.2) is 8.42 Å². The molecule has 0 aromatic heterocycles. The molecule has 0 saturated carbocycles. The molecule has 1 heterocycles. The molecule has 0 aliphatic carbocycles. The summed E-state index contributed by atoms with van der Waals surface area (Å²) < 4.78 is 33.0. The van der Waals surface area contributed by atoms with Crippen molar-refractivity contribution in [3.63, 3.8) is 0 Å². The van der Waals surface area contributed by atoms with E-state index in [0.717, 1.165) is 19.3 Å². The van der Waals surface area contributed by atoms with Crippen molar-refractivity contribution < 1.29 is 22.9 Å². The van der Waals surface area contributed by atoms with Gasteiger partial charge in [-0.1, -0.05) is 6.42 Å². The van der Waals surface area contributed by atoms with Gasteiger partial charge >= 0.3 is 0 Å². The quantitative estimate of drug-likeness (QED) is 0.512. The van der Waals surface area contributed by atoms with E-state index in [1.54, 1.807) is 4.31 Å². The number of nitro benzene ring substituents is 1. The summed E-state index contributed by atoms with van der Waals surface area (Å²) in [5, 5.41) is 13.3. The van der Waals surface area contributed by atoms with Crippen LogP contribution in [0.2, 0.25) is 0 Å². The van der Waals surface area contributed by atoms with Gasteiger partial charge in [0.2, 0.25) is 10.0 Å². The second kappa shape index (κ2) is 9.44. The topological polar surface area (TPSA) is 119 Å². The fourth-order valence-electron chi connectivity index (χ4n) is 3.71. The number of piperidine rings is 1. The highest BCUT2D eigenvalue weighted by molar-refractivity contribution is 7.89. The van der Waals surface area contributed by atoms with Crippen LogP contribution in [0, 0.1) is 10.1 Å². The van der Waals surface area contributed by atoms with Crippen molar-refractivity contribution in [2.45, 2.75) is 50.1 Å². The highest BCUT2D eigenvalue weighted by Gasteiger charge is 2.35. The van der Waals surface area contributed by atoms with Crippen LogP contribution in [-0.4, -0.2) is 42.2 Å². The average molecular weight is 448 g/mol. The van der Waals surface area contributed by atoms with Crippen LogP contribution in [0.3, 0.4) is 0 Å². The van der Waals surface area contributed by atoms with Gasteiger partial charge < -0.3 is 10.1 Å². The van der Waals surface area contributed by atoms with Crippen LogP contribution >= 0.6 is 0 Å².